The number of aliphatic hydroxyl groups is 2. The molecule has 5 rings (SSSR count). The molecule has 12 N–H and O–H groups in total. The molecule has 0 aromatic carbocycles. The fourth-order valence-corrected chi connectivity index (χ4v) is 9.84. The molecule has 0 bridgehead atoms. The highest BCUT2D eigenvalue weighted by atomic mass is 33.1. The van der Waals surface area contributed by atoms with Gasteiger partial charge in [0.2, 0.25) is 0 Å². The first-order valence-electron chi connectivity index (χ1n) is 18.9. The highest BCUT2D eigenvalue weighted by molar-refractivity contribution is 8.77. The summed E-state index contributed by atoms with van der Waals surface area (Å²) < 4.78 is 59.9. The van der Waals surface area contributed by atoms with Crippen LogP contribution in [0, 0.1) is 0 Å². The number of carbonyl (C=O) groups excluding carboxylic acids is 1. The summed E-state index contributed by atoms with van der Waals surface area (Å²) in [6, 6.07) is 0.137. The lowest BCUT2D eigenvalue weighted by Crippen LogP contribution is -2.43. The minimum atomic E-state index is -5.16. The molecule has 5 heterocycles. The van der Waals surface area contributed by atoms with Crippen LogP contribution < -0.4 is 28.2 Å². The van der Waals surface area contributed by atoms with E-state index in [0.29, 0.717) is 25.8 Å². The lowest BCUT2D eigenvalue weighted by atomic mass is 10.1. The fraction of sp³-hybridized carbons (Fsp3) is 0.688. The van der Waals surface area contributed by atoms with Crippen molar-refractivity contribution in [3.05, 3.63) is 35.4 Å². The number of nitrogens with one attached hydrogen (secondary N) is 1. The molecule has 3 unspecified atom stereocenters. The minimum absolute atomic E-state index is 0.0301. The van der Waals surface area contributed by atoms with Crippen molar-refractivity contribution in [1.29, 1.82) is 0 Å². The van der Waals surface area contributed by atoms with Gasteiger partial charge in [-0.3, -0.25) is 32.8 Å². The molecule has 29 heteroatoms. The summed E-state index contributed by atoms with van der Waals surface area (Å²) in [5, 5.41) is 24.8. The molecule has 0 amide bonds. The van der Waals surface area contributed by atoms with Crippen molar-refractivity contribution >= 4 is 66.0 Å². The largest absolute Gasteiger partial charge is 0.472 e. The van der Waals surface area contributed by atoms with Crippen LogP contribution in [0.4, 0.5) is 11.6 Å². The molecule has 2 aliphatic heterocycles. The number of aliphatic hydroxyl groups excluding tert-OH is 2. The average Bonchev–Trinajstić information content (AvgIpc) is 3.86. The van der Waals surface area contributed by atoms with Crippen LogP contribution in [0.25, 0.3) is 11.2 Å². The van der Waals surface area contributed by atoms with Gasteiger partial charge in [-0.25, -0.2) is 28.9 Å². The van der Waals surface area contributed by atoms with Gasteiger partial charge in [-0.1, -0.05) is 48.8 Å². The molecule has 342 valence electrons. The van der Waals surface area contributed by atoms with Crippen molar-refractivity contribution in [3.63, 3.8) is 0 Å². The lowest BCUT2D eigenvalue weighted by molar-refractivity contribution is -0.158. The zero-order chi connectivity index (χ0) is 44.7. The van der Waals surface area contributed by atoms with Gasteiger partial charge in [0.1, 0.15) is 60.6 Å². The van der Waals surface area contributed by atoms with E-state index >= 15 is 0 Å². The Morgan fingerprint density at radius 1 is 1.07 bits per heavy atom. The second-order valence-corrected chi connectivity index (χ2v) is 20.9. The molecule has 10 atom stereocenters. The van der Waals surface area contributed by atoms with Gasteiger partial charge in [0.25, 0.3) is 0 Å². The van der Waals surface area contributed by atoms with Crippen molar-refractivity contribution in [2.45, 2.75) is 113 Å². The smallest absolute Gasteiger partial charge is 0.455 e. The molecule has 3 aromatic heterocycles. The molecule has 0 aliphatic carbocycles. The third-order valence-corrected chi connectivity index (χ3v) is 13.9. The van der Waals surface area contributed by atoms with E-state index in [0.717, 1.165) is 16.6 Å². The van der Waals surface area contributed by atoms with Crippen LogP contribution in [0.1, 0.15) is 65.3 Å². The predicted octanol–water partition coefficient (Wildman–Crippen LogP) is 0.292. The van der Waals surface area contributed by atoms with Crippen LogP contribution in [0.5, 0.6) is 0 Å². The second kappa shape index (κ2) is 21.2. The van der Waals surface area contributed by atoms with Gasteiger partial charge in [0, 0.05) is 23.1 Å². The number of hydrogen-bond acceptors (Lipinski definition) is 22. The number of imidazole rings is 1. The first-order valence-corrected chi connectivity index (χ1v) is 24.3. The van der Waals surface area contributed by atoms with Crippen molar-refractivity contribution in [2.24, 2.45) is 5.73 Å². The van der Waals surface area contributed by atoms with Gasteiger partial charge in [0.05, 0.1) is 19.5 Å². The molecule has 61 heavy (non-hydrogen) atoms. The molecule has 25 nitrogen and oxygen atoms in total. The highest BCUT2D eigenvalue weighted by Crippen LogP contribution is 2.50. The number of rotatable bonds is 22. The summed E-state index contributed by atoms with van der Waals surface area (Å²) in [4.78, 5) is 71.0. The van der Waals surface area contributed by atoms with Gasteiger partial charge in [0.15, 0.2) is 23.8 Å². The summed E-state index contributed by atoms with van der Waals surface area (Å²) in [6.45, 7) is 5.15. The first kappa shape index (κ1) is 49.2. The standard InChI is InChI=1S/C32H52N10O15P2S2/c1-32(2,3)61-60-11-8-22(43)36-9-5-4-6-17(33)30(45)56-26-20(55-29(25(26)44)42-16-39-24-27(35)37-15-38-28(24)42)14-53-59(50,51)57-18-12-23(41-10-7-21(34)40-31(41)46)54-19(18)13-52-58(47,48)49/h7,10,15-20,22-23,25-26,29,36,43-44H,4-6,8-9,11-14,33H2,1-3H3,(H,50,51)(H2,34,40,46)(H2,35,37,38)(H2,47,48,49)/t17-,18-,19+,20+,22?,23+,25+,26+,29?/m0/s1. The fourth-order valence-electron chi connectivity index (χ4n) is 6.18. The maximum absolute atomic E-state index is 13.4. The SMILES string of the molecule is CC(C)(C)SSCCC(O)NCCCC[C@H](N)C(=O)O[C@@H]1[C@@H](COP(=O)(O)O[C@H]2C[C@H](n3ccc(N)nc3=O)O[C@@H]2COP(=O)(O)O)OC(n2cnc3c(N)ncnc32)[C@@H]1O. The minimum Gasteiger partial charge on any atom is -0.455 e. The van der Waals surface area contributed by atoms with Crippen LogP contribution >= 0.6 is 37.2 Å². The predicted molar refractivity (Wildman–Crippen MR) is 220 cm³/mol. The lowest BCUT2D eigenvalue weighted by Gasteiger charge is -2.24. The topological polar surface area (TPSA) is 376 Å². The van der Waals surface area contributed by atoms with Crippen LogP contribution in [-0.4, -0.2) is 133 Å². The zero-order valence-corrected chi connectivity index (χ0v) is 36.7. The summed E-state index contributed by atoms with van der Waals surface area (Å²) in [6.07, 6.45) is -5.62. The normalized spacial score (nSPS) is 25.4. The third-order valence-electron chi connectivity index (χ3n) is 9.05. The number of nitrogen functional groups attached to an aromatic ring is 2. The van der Waals surface area contributed by atoms with Crippen LogP contribution in [0.15, 0.2) is 29.7 Å². The van der Waals surface area contributed by atoms with E-state index in [4.69, 9.17) is 40.5 Å². The van der Waals surface area contributed by atoms with Gasteiger partial charge in [-0.05, 0) is 31.9 Å². The van der Waals surface area contributed by atoms with Gasteiger partial charge < -0.3 is 56.3 Å². The number of phosphoric ester groups is 2. The van der Waals surface area contributed by atoms with E-state index in [-0.39, 0.29) is 40.4 Å². The zero-order valence-electron chi connectivity index (χ0n) is 33.3. The Kier molecular flexibility index (Phi) is 17.1. The van der Waals surface area contributed by atoms with E-state index in [2.05, 4.69) is 50.5 Å². The molecular formula is C32H52N10O15P2S2. The molecule has 2 saturated heterocycles. The average molecular weight is 943 g/mol. The Morgan fingerprint density at radius 3 is 2.51 bits per heavy atom. The van der Waals surface area contributed by atoms with Crippen molar-refractivity contribution in [3.8, 4) is 0 Å². The van der Waals surface area contributed by atoms with E-state index in [1.807, 2.05) is 0 Å². The number of ether oxygens (including phenoxy) is 3. The number of nitrogens with zero attached hydrogens (tertiary/aromatic N) is 6. The first-order chi connectivity index (χ1) is 28.6. The van der Waals surface area contributed by atoms with Gasteiger partial charge in [-0.2, -0.15) is 4.98 Å². The van der Waals surface area contributed by atoms with E-state index in [1.165, 1.54) is 23.2 Å². The van der Waals surface area contributed by atoms with Crippen molar-refractivity contribution < 1.29 is 66.6 Å². The Bertz CT molecular complexity index is 2090. The molecular weight excluding hydrogens is 890 g/mol. The Balaban J connectivity index is 1.22. The Morgan fingerprint density at radius 2 is 1.80 bits per heavy atom. The second-order valence-electron chi connectivity index (χ2n) is 15.0. The third kappa shape index (κ3) is 14.3. The maximum atomic E-state index is 13.4. The van der Waals surface area contributed by atoms with Gasteiger partial charge >= 0.3 is 27.3 Å². The molecule has 2 fully saturated rings. The molecule has 3 aromatic rings. The van der Waals surface area contributed by atoms with E-state index < -0.39 is 95.8 Å². The van der Waals surface area contributed by atoms with Crippen molar-refractivity contribution in [2.75, 3.05) is 37.0 Å². The summed E-state index contributed by atoms with van der Waals surface area (Å²) in [7, 11) is -6.79. The maximum Gasteiger partial charge on any atom is 0.472 e. The number of nitrogens with two attached hydrogens (primary N) is 3. The Labute approximate surface area is 357 Å². The number of phosphoric acid groups is 2. The number of anilines is 2. The van der Waals surface area contributed by atoms with E-state index in [1.54, 1.807) is 21.6 Å². The van der Waals surface area contributed by atoms with Gasteiger partial charge in [-0.15, -0.1) is 0 Å². The monoisotopic (exact) mass is 942 g/mol. The quantitative estimate of drug-likeness (QED) is 0.0215. The number of carbonyl (C=O) groups is 1. The summed E-state index contributed by atoms with van der Waals surface area (Å²) in [5.74, 6) is -0.218. The summed E-state index contributed by atoms with van der Waals surface area (Å²) >= 11 is 0. The molecule has 0 spiro atoms. The van der Waals surface area contributed by atoms with E-state index in [9.17, 15) is 43.6 Å². The molecule has 2 aliphatic rings. The number of esters is 1. The number of aromatic nitrogens is 6. The highest BCUT2D eigenvalue weighted by Gasteiger charge is 2.50. The molecule has 0 saturated carbocycles. The number of hydrogen-bond donors (Lipinski definition) is 9. The number of unbranched alkanes of at least 4 members (excludes halogenated alkanes) is 1. The van der Waals surface area contributed by atoms with Crippen LogP contribution in [0.2, 0.25) is 0 Å². The van der Waals surface area contributed by atoms with Crippen LogP contribution in [0.3, 0.4) is 0 Å². The molecule has 0 radical (unpaired) electrons. The van der Waals surface area contributed by atoms with Crippen molar-refractivity contribution in [1.82, 2.24) is 34.4 Å². The van der Waals surface area contributed by atoms with Crippen LogP contribution in [-0.2, 0) is 41.7 Å². The summed E-state index contributed by atoms with van der Waals surface area (Å²) in [5.41, 5.74) is 17.1. The number of fused-ring (bicyclic) bond motifs is 1. The Hall–Kier alpha value is -2.82.